The number of anilines is 2. The summed E-state index contributed by atoms with van der Waals surface area (Å²) < 4.78 is 13.0. The smallest absolute Gasteiger partial charge is 0.274 e. The van der Waals surface area contributed by atoms with E-state index in [4.69, 9.17) is 11.6 Å². The second-order valence-electron chi connectivity index (χ2n) is 4.81. The third kappa shape index (κ3) is 4.16. The molecular weight excluding hydrogens is 293 g/mol. The molecule has 0 aliphatic carbocycles. The molecule has 0 atom stereocenters. The lowest BCUT2D eigenvalue weighted by Crippen LogP contribution is -2.14. The first-order valence-corrected chi connectivity index (χ1v) is 6.82. The number of nitrogens with one attached hydrogen (secondary N) is 2. The van der Waals surface area contributed by atoms with Crippen molar-refractivity contribution in [1.29, 1.82) is 0 Å². The molecule has 6 heteroatoms. The lowest BCUT2D eigenvalue weighted by atomic mass is 10.2. The molecule has 1 aromatic carbocycles. The van der Waals surface area contributed by atoms with Crippen molar-refractivity contribution in [2.75, 3.05) is 10.6 Å². The fourth-order valence-electron chi connectivity index (χ4n) is 1.72. The molecule has 1 amide bonds. The van der Waals surface area contributed by atoms with Crippen molar-refractivity contribution in [1.82, 2.24) is 4.98 Å². The molecule has 4 nitrogen and oxygen atoms in total. The van der Waals surface area contributed by atoms with E-state index in [9.17, 15) is 9.18 Å². The molecule has 0 aliphatic rings. The van der Waals surface area contributed by atoms with Gasteiger partial charge in [0.25, 0.3) is 5.91 Å². The van der Waals surface area contributed by atoms with E-state index in [0.29, 0.717) is 5.69 Å². The average molecular weight is 308 g/mol. The van der Waals surface area contributed by atoms with Gasteiger partial charge in [0.1, 0.15) is 11.5 Å². The topological polar surface area (TPSA) is 54.0 Å². The number of hydrogen-bond donors (Lipinski definition) is 2. The molecule has 0 radical (unpaired) electrons. The lowest BCUT2D eigenvalue weighted by Gasteiger charge is -2.10. The van der Waals surface area contributed by atoms with Gasteiger partial charge >= 0.3 is 0 Å². The molecule has 0 saturated heterocycles. The van der Waals surface area contributed by atoms with Gasteiger partial charge in [-0.15, -0.1) is 0 Å². The summed E-state index contributed by atoms with van der Waals surface area (Å²) in [7, 11) is 0. The number of nitrogens with zero attached hydrogens (tertiary/aromatic N) is 1. The van der Waals surface area contributed by atoms with Gasteiger partial charge in [-0.3, -0.25) is 4.79 Å². The molecule has 0 saturated carbocycles. The van der Waals surface area contributed by atoms with Crippen LogP contribution in [0.3, 0.4) is 0 Å². The van der Waals surface area contributed by atoms with Crippen LogP contribution in [0, 0.1) is 5.82 Å². The molecule has 0 unspecified atom stereocenters. The molecule has 2 rings (SSSR count). The number of amides is 1. The van der Waals surface area contributed by atoms with Crippen molar-refractivity contribution < 1.29 is 9.18 Å². The van der Waals surface area contributed by atoms with Crippen LogP contribution in [0.5, 0.6) is 0 Å². The summed E-state index contributed by atoms with van der Waals surface area (Å²) in [5.41, 5.74) is 1.52. The second kappa shape index (κ2) is 6.54. The van der Waals surface area contributed by atoms with Gasteiger partial charge in [0.15, 0.2) is 0 Å². The molecule has 0 fully saturated rings. The van der Waals surface area contributed by atoms with Gasteiger partial charge in [-0.2, -0.15) is 0 Å². The number of carbonyl (C=O) groups excluding carboxylic acids is 1. The minimum absolute atomic E-state index is 0.0442. The van der Waals surface area contributed by atoms with E-state index >= 15 is 0 Å². The molecule has 0 bridgehead atoms. The van der Waals surface area contributed by atoms with E-state index < -0.39 is 5.82 Å². The normalized spacial score (nSPS) is 10.5. The van der Waals surface area contributed by atoms with Crippen molar-refractivity contribution in [2.45, 2.75) is 19.9 Å². The summed E-state index contributed by atoms with van der Waals surface area (Å²) >= 11 is 5.66. The Morgan fingerprint density at radius 1 is 1.24 bits per heavy atom. The highest BCUT2D eigenvalue weighted by atomic mass is 35.5. The maximum Gasteiger partial charge on any atom is 0.274 e. The molecule has 0 spiro atoms. The molecule has 21 heavy (non-hydrogen) atoms. The van der Waals surface area contributed by atoms with E-state index in [0.717, 1.165) is 5.69 Å². The molecule has 1 aromatic heterocycles. The van der Waals surface area contributed by atoms with Gasteiger partial charge in [-0.1, -0.05) is 11.6 Å². The number of aromatic nitrogens is 1. The zero-order chi connectivity index (χ0) is 15.4. The van der Waals surface area contributed by atoms with E-state index in [1.807, 2.05) is 13.8 Å². The summed E-state index contributed by atoms with van der Waals surface area (Å²) in [5.74, 6) is -0.911. The van der Waals surface area contributed by atoms with E-state index in [2.05, 4.69) is 15.6 Å². The Labute approximate surface area is 127 Å². The van der Waals surface area contributed by atoms with Crippen LogP contribution in [0.2, 0.25) is 5.02 Å². The van der Waals surface area contributed by atoms with Gasteiger partial charge in [0, 0.05) is 11.7 Å². The maximum atomic E-state index is 13.0. The van der Waals surface area contributed by atoms with Crippen LogP contribution in [-0.2, 0) is 0 Å². The highest BCUT2D eigenvalue weighted by Crippen LogP contribution is 2.19. The number of pyridine rings is 1. The summed E-state index contributed by atoms with van der Waals surface area (Å²) in [6, 6.07) is 7.66. The third-order valence-electron chi connectivity index (χ3n) is 2.63. The minimum atomic E-state index is -0.531. The molecule has 2 N–H and O–H groups in total. The van der Waals surface area contributed by atoms with Gasteiger partial charge in [-0.25, -0.2) is 9.37 Å². The van der Waals surface area contributed by atoms with Crippen LogP contribution in [0.4, 0.5) is 15.8 Å². The Balaban J connectivity index is 2.07. The van der Waals surface area contributed by atoms with Crippen LogP contribution in [0.15, 0.2) is 36.5 Å². The van der Waals surface area contributed by atoms with Crippen LogP contribution in [0.25, 0.3) is 0 Å². The Bertz CT molecular complexity index is 644. The van der Waals surface area contributed by atoms with Crippen LogP contribution in [0.1, 0.15) is 24.3 Å². The maximum absolute atomic E-state index is 13.0. The summed E-state index contributed by atoms with van der Waals surface area (Å²) in [5, 5.41) is 5.75. The van der Waals surface area contributed by atoms with Crippen LogP contribution >= 0.6 is 11.6 Å². The molecular formula is C15H15ClFN3O. The highest BCUT2D eigenvalue weighted by Gasteiger charge is 2.09. The zero-order valence-corrected chi connectivity index (χ0v) is 12.4. The molecule has 1 heterocycles. The predicted molar refractivity (Wildman–Crippen MR) is 82.4 cm³/mol. The van der Waals surface area contributed by atoms with Crippen molar-refractivity contribution in [3.05, 3.63) is 53.1 Å². The SMILES string of the molecule is CC(C)Nc1ccc(C(=O)Nc2ccc(F)c(Cl)c2)nc1. The van der Waals surface area contributed by atoms with E-state index in [1.165, 1.54) is 18.2 Å². The van der Waals surface area contributed by atoms with E-state index in [-0.39, 0.29) is 22.7 Å². The van der Waals surface area contributed by atoms with Crippen molar-refractivity contribution >= 4 is 28.9 Å². The molecule has 110 valence electrons. The first-order chi connectivity index (χ1) is 9.95. The summed E-state index contributed by atoms with van der Waals surface area (Å²) in [6.45, 7) is 4.03. The number of hydrogen-bond acceptors (Lipinski definition) is 3. The Kier molecular flexibility index (Phi) is 4.75. The average Bonchev–Trinajstić information content (AvgIpc) is 2.43. The van der Waals surface area contributed by atoms with Crippen LogP contribution in [-0.4, -0.2) is 16.9 Å². The summed E-state index contributed by atoms with van der Waals surface area (Å²) in [4.78, 5) is 16.1. The van der Waals surface area contributed by atoms with E-state index in [1.54, 1.807) is 18.3 Å². The second-order valence-corrected chi connectivity index (χ2v) is 5.22. The fraction of sp³-hybridized carbons (Fsp3) is 0.200. The highest BCUT2D eigenvalue weighted by molar-refractivity contribution is 6.31. The minimum Gasteiger partial charge on any atom is -0.382 e. The fourth-order valence-corrected chi connectivity index (χ4v) is 1.90. The monoisotopic (exact) mass is 307 g/mol. The third-order valence-corrected chi connectivity index (χ3v) is 2.92. The Hall–Kier alpha value is -2.14. The van der Waals surface area contributed by atoms with Gasteiger partial charge in [0.05, 0.1) is 16.9 Å². The first-order valence-electron chi connectivity index (χ1n) is 6.44. The predicted octanol–water partition coefficient (Wildman–Crippen LogP) is 3.95. The van der Waals surface area contributed by atoms with Gasteiger partial charge in [-0.05, 0) is 44.2 Å². The van der Waals surface area contributed by atoms with Crippen molar-refractivity contribution in [2.24, 2.45) is 0 Å². The Morgan fingerprint density at radius 2 is 1.95 bits per heavy atom. The van der Waals surface area contributed by atoms with Crippen LogP contribution < -0.4 is 10.6 Å². The zero-order valence-electron chi connectivity index (χ0n) is 11.7. The number of halogens is 2. The number of benzene rings is 1. The van der Waals surface area contributed by atoms with Crippen molar-refractivity contribution in [3.63, 3.8) is 0 Å². The molecule has 0 aliphatic heterocycles. The standard InChI is InChI=1S/C15H15ClFN3O/c1-9(2)19-11-4-6-14(18-8-11)15(21)20-10-3-5-13(17)12(16)7-10/h3-9,19H,1-2H3,(H,20,21). The largest absolute Gasteiger partial charge is 0.382 e. The van der Waals surface area contributed by atoms with Crippen molar-refractivity contribution in [3.8, 4) is 0 Å². The number of rotatable bonds is 4. The number of carbonyl (C=O) groups is 1. The van der Waals surface area contributed by atoms with Gasteiger partial charge in [0.2, 0.25) is 0 Å². The molecule has 2 aromatic rings. The summed E-state index contributed by atoms with van der Waals surface area (Å²) in [6.07, 6.45) is 1.59. The Morgan fingerprint density at radius 3 is 2.52 bits per heavy atom. The first kappa shape index (κ1) is 15.3. The van der Waals surface area contributed by atoms with Gasteiger partial charge < -0.3 is 10.6 Å². The quantitative estimate of drug-likeness (QED) is 0.899. The lowest BCUT2D eigenvalue weighted by molar-refractivity contribution is 0.102.